The second-order valence-corrected chi connectivity index (χ2v) is 4.32. The van der Waals surface area contributed by atoms with Gasteiger partial charge >= 0.3 is 5.88 Å². The van der Waals surface area contributed by atoms with Crippen molar-refractivity contribution in [1.82, 2.24) is 9.97 Å². The first-order chi connectivity index (χ1) is 10.5. The number of hydrogen-bond donors (Lipinski definition) is 0. The maximum Gasteiger partial charge on any atom is 0.433 e. The Hall–Kier alpha value is -3.16. The molecule has 2 heterocycles. The number of rotatable bonds is 3. The van der Waals surface area contributed by atoms with Crippen molar-refractivity contribution >= 4 is 29.1 Å². The normalized spacial score (nSPS) is 11.4. The van der Waals surface area contributed by atoms with E-state index in [1.807, 2.05) is 0 Å². The SMILES string of the molecule is O=[N+]([O-])c1ccc(/C=C/c2cnc3cc(F)c(F)cc3n2)o1. The van der Waals surface area contributed by atoms with E-state index in [-0.39, 0.29) is 22.7 Å². The molecule has 0 saturated heterocycles. The van der Waals surface area contributed by atoms with E-state index in [0.29, 0.717) is 5.69 Å². The first-order valence-electron chi connectivity index (χ1n) is 6.07. The van der Waals surface area contributed by atoms with Crippen LogP contribution >= 0.6 is 0 Å². The molecule has 3 aromatic rings. The number of furan rings is 1. The molecule has 6 nitrogen and oxygen atoms in total. The number of halogens is 2. The highest BCUT2D eigenvalue weighted by molar-refractivity contribution is 5.76. The van der Waals surface area contributed by atoms with Crippen LogP contribution in [0.15, 0.2) is 34.9 Å². The number of nitro groups is 1. The van der Waals surface area contributed by atoms with Crippen molar-refractivity contribution in [2.24, 2.45) is 0 Å². The highest BCUT2D eigenvalue weighted by Gasteiger charge is 2.10. The lowest BCUT2D eigenvalue weighted by Gasteiger charge is -1.99. The molecular weight excluding hydrogens is 296 g/mol. The van der Waals surface area contributed by atoms with Gasteiger partial charge in [0.05, 0.1) is 29.0 Å². The maximum absolute atomic E-state index is 13.2. The minimum Gasteiger partial charge on any atom is -0.401 e. The standard InChI is InChI=1S/C14H7F2N3O3/c15-10-5-12-13(6-11(10)16)18-8(7-17-12)1-2-9-3-4-14(22-9)19(20)21/h1-7H/b2-1+. The van der Waals surface area contributed by atoms with Gasteiger partial charge in [-0.1, -0.05) is 0 Å². The van der Waals surface area contributed by atoms with Crippen molar-refractivity contribution in [2.45, 2.75) is 0 Å². The molecule has 0 radical (unpaired) electrons. The van der Waals surface area contributed by atoms with Crippen LogP contribution in [0.3, 0.4) is 0 Å². The molecule has 2 aromatic heterocycles. The Morgan fingerprint density at radius 3 is 2.55 bits per heavy atom. The fourth-order valence-corrected chi connectivity index (χ4v) is 1.80. The van der Waals surface area contributed by atoms with E-state index < -0.39 is 16.6 Å². The van der Waals surface area contributed by atoms with Gasteiger partial charge in [0.25, 0.3) is 0 Å². The van der Waals surface area contributed by atoms with Crippen molar-refractivity contribution in [1.29, 1.82) is 0 Å². The summed E-state index contributed by atoms with van der Waals surface area (Å²) in [5.41, 5.74) is 0.800. The van der Waals surface area contributed by atoms with Crippen LogP contribution in [-0.4, -0.2) is 14.9 Å². The van der Waals surface area contributed by atoms with Crippen LogP contribution in [0.5, 0.6) is 0 Å². The molecule has 0 fully saturated rings. The van der Waals surface area contributed by atoms with Gasteiger partial charge < -0.3 is 4.42 Å². The third-order valence-electron chi connectivity index (χ3n) is 2.81. The van der Waals surface area contributed by atoms with Crippen LogP contribution in [-0.2, 0) is 0 Å². The number of hydrogen-bond acceptors (Lipinski definition) is 5. The van der Waals surface area contributed by atoms with Crippen LogP contribution in [0.1, 0.15) is 11.5 Å². The van der Waals surface area contributed by atoms with Gasteiger partial charge in [0.2, 0.25) is 0 Å². The summed E-state index contributed by atoms with van der Waals surface area (Å²) >= 11 is 0. The lowest BCUT2D eigenvalue weighted by atomic mass is 10.2. The molecule has 0 aliphatic rings. The third kappa shape index (κ3) is 2.66. The van der Waals surface area contributed by atoms with E-state index in [9.17, 15) is 18.9 Å². The molecule has 0 unspecified atom stereocenters. The summed E-state index contributed by atoms with van der Waals surface area (Å²) in [7, 11) is 0. The topological polar surface area (TPSA) is 82.1 Å². The van der Waals surface area contributed by atoms with E-state index in [1.165, 1.54) is 30.5 Å². The largest absolute Gasteiger partial charge is 0.433 e. The molecule has 22 heavy (non-hydrogen) atoms. The van der Waals surface area contributed by atoms with Crippen LogP contribution < -0.4 is 0 Å². The fourth-order valence-electron chi connectivity index (χ4n) is 1.80. The number of aromatic nitrogens is 2. The highest BCUT2D eigenvalue weighted by Crippen LogP contribution is 2.19. The van der Waals surface area contributed by atoms with Crippen LogP contribution in [0, 0.1) is 21.7 Å². The van der Waals surface area contributed by atoms with Gasteiger partial charge in [-0.2, -0.15) is 0 Å². The van der Waals surface area contributed by atoms with E-state index >= 15 is 0 Å². The third-order valence-corrected chi connectivity index (χ3v) is 2.81. The average Bonchev–Trinajstić information content (AvgIpc) is 2.95. The van der Waals surface area contributed by atoms with Crippen molar-refractivity contribution in [3.05, 3.63) is 63.7 Å². The number of fused-ring (bicyclic) bond motifs is 1. The monoisotopic (exact) mass is 303 g/mol. The fraction of sp³-hybridized carbons (Fsp3) is 0. The smallest absolute Gasteiger partial charge is 0.401 e. The maximum atomic E-state index is 13.2. The Labute approximate surface area is 121 Å². The van der Waals surface area contributed by atoms with E-state index in [1.54, 1.807) is 0 Å². The molecule has 0 atom stereocenters. The molecule has 8 heteroatoms. The van der Waals surface area contributed by atoms with E-state index in [4.69, 9.17) is 4.42 Å². The average molecular weight is 303 g/mol. The number of nitrogens with zero attached hydrogens (tertiary/aromatic N) is 3. The lowest BCUT2D eigenvalue weighted by Crippen LogP contribution is -1.91. The molecule has 0 spiro atoms. The summed E-state index contributed by atoms with van der Waals surface area (Å²) in [6, 6.07) is 4.57. The number of benzene rings is 1. The summed E-state index contributed by atoms with van der Waals surface area (Å²) in [6.45, 7) is 0. The minimum atomic E-state index is -1.01. The molecule has 3 rings (SSSR count). The molecule has 0 N–H and O–H groups in total. The van der Waals surface area contributed by atoms with Crippen molar-refractivity contribution < 1.29 is 18.1 Å². The zero-order chi connectivity index (χ0) is 15.7. The second kappa shape index (κ2) is 5.32. The van der Waals surface area contributed by atoms with Crippen LogP contribution in [0.4, 0.5) is 14.7 Å². The summed E-state index contributed by atoms with van der Waals surface area (Å²) in [4.78, 5) is 17.9. The highest BCUT2D eigenvalue weighted by atomic mass is 19.2. The summed E-state index contributed by atoms with van der Waals surface area (Å²) in [6.07, 6.45) is 4.33. The van der Waals surface area contributed by atoms with Crippen molar-refractivity contribution in [2.75, 3.05) is 0 Å². The zero-order valence-electron chi connectivity index (χ0n) is 10.9. The molecule has 0 saturated carbocycles. The molecule has 0 aliphatic heterocycles. The Bertz CT molecular complexity index is 905. The molecular formula is C14H7F2N3O3. The Morgan fingerprint density at radius 2 is 1.86 bits per heavy atom. The van der Waals surface area contributed by atoms with Gasteiger partial charge in [0.1, 0.15) is 10.7 Å². The minimum absolute atomic E-state index is 0.200. The molecule has 110 valence electrons. The Kier molecular flexibility index (Phi) is 3.34. The first-order valence-corrected chi connectivity index (χ1v) is 6.07. The Morgan fingerprint density at radius 1 is 1.14 bits per heavy atom. The molecule has 0 aliphatic carbocycles. The van der Waals surface area contributed by atoms with Gasteiger partial charge in [0.15, 0.2) is 11.6 Å². The van der Waals surface area contributed by atoms with E-state index in [2.05, 4.69) is 9.97 Å². The molecule has 1 aromatic carbocycles. The first kappa shape index (κ1) is 13.8. The van der Waals surface area contributed by atoms with Gasteiger partial charge in [0, 0.05) is 12.1 Å². The molecule has 0 amide bonds. The lowest BCUT2D eigenvalue weighted by molar-refractivity contribution is -0.402. The summed E-state index contributed by atoms with van der Waals surface area (Å²) in [5, 5.41) is 10.5. The quantitative estimate of drug-likeness (QED) is 0.545. The van der Waals surface area contributed by atoms with Gasteiger partial charge in [-0.3, -0.25) is 15.1 Å². The second-order valence-electron chi connectivity index (χ2n) is 4.32. The predicted molar refractivity (Wildman–Crippen MR) is 73.7 cm³/mol. The van der Waals surface area contributed by atoms with Gasteiger partial charge in [-0.25, -0.2) is 13.8 Å². The van der Waals surface area contributed by atoms with Gasteiger partial charge in [-0.15, -0.1) is 0 Å². The zero-order valence-corrected chi connectivity index (χ0v) is 10.9. The summed E-state index contributed by atoms with van der Waals surface area (Å²) < 4.78 is 31.2. The van der Waals surface area contributed by atoms with Gasteiger partial charge in [-0.05, 0) is 18.2 Å². The van der Waals surface area contributed by atoms with Crippen LogP contribution in [0.25, 0.3) is 23.2 Å². The molecule has 0 bridgehead atoms. The van der Waals surface area contributed by atoms with Crippen LogP contribution in [0.2, 0.25) is 0 Å². The van der Waals surface area contributed by atoms with Crippen molar-refractivity contribution in [3.8, 4) is 0 Å². The Balaban J connectivity index is 1.91. The van der Waals surface area contributed by atoms with E-state index in [0.717, 1.165) is 12.1 Å². The summed E-state index contributed by atoms with van der Waals surface area (Å²) in [5.74, 6) is -2.11. The van der Waals surface area contributed by atoms with Crippen molar-refractivity contribution in [3.63, 3.8) is 0 Å². The predicted octanol–water partition coefficient (Wildman–Crippen LogP) is 3.58.